The fourth-order valence-electron chi connectivity index (χ4n) is 6.08. The van der Waals surface area contributed by atoms with E-state index in [9.17, 15) is 14.4 Å². The Morgan fingerprint density at radius 2 is 1.71 bits per heavy atom. The van der Waals surface area contributed by atoms with Gasteiger partial charge in [0.05, 0.1) is 11.6 Å². The summed E-state index contributed by atoms with van der Waals surface area (Å²) in [6.45, 7) is 8.57. The maximum Gasteiger partial charge on any atom is 0.254 e. The van der Waals surface area contributed by atoms with Crippen molar-refractivity contribution in [3.05, 3.63) is 35.1 Å². The van der Waals surface area contributed by atoms with Crippen LogP contribution < -0.4 is 5.32 Å². The number of benzene rings is 1. The van der Waals surface area contributed by atoms with E-state index in [-0.39, 0.29) is 46.5 Å². The summed E-state index contributed by atoms with van der Waals surface area (Å²) in [5.41, 5.74) is 0.582. The first-order valence-corrected chi connectivity index (χ1v) is 13.5. The summed E-state index contributed by atoms with van der Waals surface area (Å²) in [6.07, 6.45) is 8.67. The highest BCUT2D eigenvalue weighted by Crippen LogP contribution is 2.41. The number of rotatable bonds is 7. The van der Waals surface area contributed by atoms with Gasteiger partial charge in [0.2, 0.25) is 5.91 Å². The second-order valence-corrected chi connectivity index (χ2v) is 11.9. The summed E-state index contributed by atoms with van der Waals surface area (Å²) in [5.74, 6) is -0.505. The van der Waals surface area contributed by atoms with Gasteiger partial charge in [0.15, 0.2) is 5.78 Å². The molecule has 192 valence electrons. The maximum absolute atomic E-state index is 15.2. The van der Waals surface area contributed by atoms with Crippen LogP contribution in [0.1, 0.15) is 107 Å². The number of likely N-dealkylation sites (tertiary alicyclic amines) is 1. The van der Waals surface area contributed by atoms with E-state index in [4.69, 9.17) is 0 Å². The molecule has 1 aliphatic heterocycles. The van der Waals surface area contributed by atoms with Gasteiger partial charge in [0.25, 0.3) is 5.91 Å². The summed E-state index contributed by atoms with van der Waals surface area (Å²) >= 11 is 0. The van der Waals surface area contributed by atoms with E-state index in [2.05, 4.69) is 19.2 Å². The van der Waals surface area contributed by atoms with Crippen LogP contribution in [0.4, 0.5) is 4.39 Å². The van der Waals surface area contributed by atoms with Crippen LogP contribution in [0.25, 0.3) is 0 Å². The van der Waals surface area contributed by atoms with E-state index in [1.165, 1.54) is 6.07 Å². The van der Waals surface area contributed by atoms with E-state index in [0.29, 0.717) is 6.54 Å². The molecule has 1 aromatic carbocycles. The molecule has 2 atom stereocenters. The van der Waals surface area contributed by atoms with E-state index >= 15 is 4.39 Å². The third-order valence-corrected chi connectivity index (χ3v) is 8.36. The van der Waals surface area contributed by atoms with Gasteiger partial charge >= 0.3 is 0 Å². The average molecular weight is 485 g/mol. The van der Waals surface area contributed by atoms with Crippen molar-refractivity contribution >= 4 is 17.6 Å². The zero-order chi connectivity index (χ0) is 25.3. The van der Waals surface area contributed by atoms with Gasteiger partial charge in [-0.15, -0.1) is 0 Å². The molecule has 2 aliphatic carbocycles. The summed E-state index contributed by atoms with van der Waals surface area (Å²) in [5, 5.41) is 2.90. The van der Waals surface area contributed by atoms with Gasteiger partial charge in [-0.3, -0.25) is 14.4 Å². The normalized spacial score (nSPS) is 23.7. The summed E-state index contributed by atoms with van der Waals surface area (Å²) < 4.78 is 15.2. The Balaban J connectivity index is 1.45. The molecule has 2 amide bonds. The van der Waals surface area contributed by atoms with Crippen molar-refractivity contribution in [3.63, 3.8) is 0 Å². The topological polar surface area (TPSA) is 66.5 Å². The molecule has 3 aliphatic rings. The predicted octanol–water partition coefficient (Wildman–Crippen LogP) is 5.62. The Morgan fingerprint density at radius 3 is 2.29 bits per heavy atom. The maximum atomic E-state index is 15.2. The second kappa shape index (κ2) is 10.4. The van der Waals surface area contributed by atoms with Crippen LogP contribution in [-0.4, -0.2) is 40.6 Å². The first kappa shape index (κ1) is 25.8. The minimum Gasteiger partial charge on any atom is -0.342 e. The van der Waals surface area contributed by atoms with Crippen LogP contribution in [0.5, 0.6) is 0 Å². The van der Waals surface area contributed by atoms with Gasteiger partial charge < -0.3 is 10.2 Å². The number of carbonyl (C=O) groups excluding carboxylic acids is 3. The van der Waals surface area contributed by atoms with Crippen molar-refractivity contribution in [2.24, 2.45) is 17.8 Å². The highest BCUT2D eigenvalue weighted by Gasteiger charge is 2.43. The molecule has 6 heteroatoms. The Bertz CT molecular complexity index is 963. The number of hydrogen-bond donors (Lipinski definition) is 1. The molecule has 4 rings (SSSR count). The Labute approximate surface area is 209 Å². The predicted molar refractivity (Wildman–Crippen MR) is 135 cm³/mol. The lowest BCUT2D eigenvalue weighted by Gasteiger charge is -2.46. The van der Waals surface area contributed by atoms with E-state index in [1.807, 2.05) is 24.8 Å². The van der Waals surface area contributed by atoms with Crippen LogP contribution >= 0.6 is 0 Å². The lowest BCUT2D eigenvalue weighted by Crippen LogP contribution is -2.53. The van der Waals surface area contributed by atoms with Crippen LogP contribution in [-0.2, 0) is 9.59 Å². The molecule has 0 spiro atoms. The number of nitrogens with zero attached hydrogens (tertiary/aromatic N) is 1. The van der Waals surface area contributed by atoms with Gasteiger partial charge in [-0.1, -0.05) is 39.2 Å². The molecule has 2 unspecified atom stereocenters. The van der Waals surface area contributed by atoms with Crippen molar-refractivity contribution in [1.82, 2.24) is 10.2 Å². The molecular weight excluding hydrogens is 443 g/mol. The van der Waals surface area contributed by atoms with Crippen molar-refractivity contribution in [2.75, 3.05) is 6.54 Å². The summed E-state index contributed by atoms with van der Waals surface area (Å²) in [6, 6.07) is 4.33. The molecule has 35 heavy (non-hydrogen) atoms. The second-order valence-electron chi connectivity index (χ2n) is 11.9. The lowest BCUT2D eigenvalue weighted by molar-refractivity contribution is -0.140. The highest BCUT2D eigenvalue weighted by molar-refractivity contribution is 5.98. The molecule has 3 fully saturated rings. The van der Waals surface area contributed by atoms with Crippen molar-refractivity contribution < 1.29 is 18.8 Å². The molecule has 0 bridgehead atoms. The first-order valence-electron chi connectivity index (χ1n) is 13.5. The Morgan fingerprint density at radius 1 is 1.03 bits per heavy atom. The average Bonchev–Trinajstić information content (AvgIpc) is 3.67. The van der Waals surface area contributed by atoms with Crippen LogP contribution in [0, 0.1) is 23.6 Å². The molecule has 1 heterocycles. The van der Waals surface area contributed by atoms with Gasteiger partial charge in [0, 0.05) is 23.9 Å². The number of amides is 2. The molecule has 0 radical (unpaired) electrons. The quantitative estimate of drug-likeness (QED) is 0.546. The number of nitrogens with one attached hydrogen (secondary N) is 1. The third-order valence-electron chi connectivity index (χ3n) is 8.36. The van der Waals surface area contributed by atoms with E-state index in [0.717, 1.165) is 63.4 Å². The fourth-order valence-corrected chi connectivity index (χ4v) is 6.08. The zero-order valence-corrected chi connectivity index (χ0v) is 21.7. The number of piperidine rings is 1. The lowest BCUT2D eigenvalue weighted by atomic mass is 9.78. The minimum atomic E-state index is -0.559. The SMILES string of the molecule is CC(C)C(=O)C(NC(=O)c1ccc(C2CCN(C(=O)C3CC3)C(C)(C)C2)cc1F)C1CCCCC1. The molecule has 1 aromatic rings. The van der Waals surface area contributed by atoms with Crippen LogP contribution in [0.2, 0.25) is 0 Å². The number of halogens is 1. The van der Waals surface area contributed by atoms with E-state index in [1.54, 1.807) is 6.07 Å². The molecule has 0 aromatic heterocycles. The molecule has 5 nitrogen and oxygen atoms in total. The van der Waals surface area contributed by atoms with Gasteiger partial charge in [-0.25, -0.2) is 4.39 Å². The number of ketones is 1. The van der Waals surface area contributed by atoms with Crippen molar-refractivity contribution in [1.29, 1.82) is 0 Å². The fraction of sp³-hybridized carbons (Fsp3) is 0.690. The Kier molecular flexibility index (Phi) is 7.68. The van der Waals surface area contributed by atoms with E-state index < -0.39 is 17.8 Å². The van der Waals surface area contributed by atoms with Crippen LogP contribution in [0.15, 0.2) is 18.2 Å². The number of carbonyl (C=O) groups is 3. The number of Topliss-reactive ketones (excluding diaryl/α,β-unsaturated/α-hetero) is 1. The smallest absolute Gasteiger partial charge is 0.254 e. The zero-order valence-electron chi connectivity index (χ0n) is 21.7. The summed E-state index contributed by atoms with van der Waals surface area (Å²) in [7, 11) is 0. The van der Waals surface area contributed by atoms with Gasteiger partial charge in [-0.05, 0) is 81.9 Å². The monoisotopic (exact) mass is 484 g/mol. The van der Waals surface area contributed by atoms with Gasteiger partial charge in [-0.2, -0.15) is 0 Å². The minimum absolute atomic E-state index is 0.00766. The van der Waals surface area contributed by atoms with Gasteiger partial charge in [0.1, 0.15) is 5.82 Å². The van der Waals surface area contributed by atoms with Crippen molar-refractivity contribution in [2.45, 2.75) is 103 Å². The first-order chi connectivity index (χ1) is 16.6. The third kappa shape index (κ3) is 5.78. The molecule has 2 saturated carbocycles. The molecular formula is C29H41FN2O3. The number of hydrogen-bond acceptors (Lipinski definition) is 3. The van der Waals surface area contributed by atoms with Crippen LogP contribution in [0.3, 0.4) is 0 Å². The van der Waals surface area contributed by atoms with Crippen molar-refractivity contribution in [3.8, 4) is 0 Å². The standard InChI is InChI=1S/C29H41FN2O3/c1-18(2)26(33)25(19-8-6-5-7-9-19)31-27(34)23-13-12-21(16-24(23)30)22-14-15-32(29(3,4)17-22)28(35)20-10-11-20/h12-13,16,18-20,22,25H,5-11,14-15,17H2,1-4H3,(H,31,34). The Hall–Kier alpha value is -2.24. The largest absolute Gasteiger partial charge is 0.342 e. The molecule has 1 saturated heterocycles. The highest BCUT2D eigenvalue weighted by atomic mass is 19.1. The molecule has 1 N–H and O–H groups in total. The summed E-state index contributed by atoms with van der Waals surface area (Å²) in [4.78, 5) is 40.7.